The van der Waals surface area contributed by atoms with Crippen molar-refractivity contribution in [1.82, 2.24) is 4.98 Å². The first-order chi connectivity index (χ1) is 9.84. The van der Waals surface area contributed by atoms with Crippen molar-refractivity contribution in [1.29, 1.82) is 0 Å². The van der Waals surface area contributed by atoms with Crippen LogP contribution in [0.5, 0.6) is 5.75 Å². The van der Waals surface area contributed by atoms with Gasteiger partial charge in [0.25, 0.3) is 0 Å². The molecule has 2 N–H and O–H groups in total. The second kappa shape index (κ2) is 5.74. The van der Waals surface area contributed by atoms with E-state index in [9.17, 15) is 17.2 Å². The van der Waals surface area contributed by atoms with Crippen LogP contribution < -0.4 is 9.88 Å². The molecule has 0 aliphatic carbocycles. The average Bonchev–Trinajstić information content (AvgIpc) is 2.45. The minimum atomic E-state index is -4.16. The minimum absolute atomic E-state index is 0.219. The lowest BCUT2D eigenvalue weighted by molar-refractivity contribution is 0.369. The molecule has 1 aromatic carbocycles. The molecule has 0 bridgehead atoms. The standard InChI is InChI=1S/C13H12F2N2O3S/c1-20-8-4-5-9(10(14)7-8)12(15)13-11(21(16,18)19)3-2-6-17-13/h2-7,12H,1H3,(H2,16,18,19). The molecule has 1 unspecified atom stereocenters. The van der Waals surface area contributed by atoms with Crippen molar-refractivity contribution >= 4 is 10.0 Å². The Hall–Kier alpha value is -2.06. The molecular weight excluding hydrogens is 302 g/mol. The molecule has 0 fully saturated rings. The lowest BCUT2D eigenvalue weighted by Crippen LogP contribution is -2.17. The Morgan fingerprint density at radius 2 is 2.05 bits per heavy atom. The maximum atomic E-state index is 14.5. The van der Waals surface area contributed by atoms with E-state index < -0.39 is 32.6 Å². The number of halogens is 2. The third-order valence-corrected chi connectivity index (χ3v) is 3.79. The molecule has 1 heterocycles. The Kier molecular flexibility index (Phi) is 4.19. The number of hydrogen-bond donors (Lipinski definition) is 1. The van der Waals surface area contributed by atoms with Crippen molar-refractivity contribution in [2.75, 3.05) is 7.11 Å². The van der Waals surface area contributed by atoms with E-state index in [1.807, 2.05) is 0 Å². The number of methoxy groups -OCH3 is 1. The van der Waals surface area contributed by atoms with Crippen LogP contribution in [0, 0.1) is 5.82 Å². The van der Waals surface area contributed by atoms with Crippen LogP contribution in [-0.4, -0.2) is 20.5 Å². The summed E-state index contributed by atoms with van der Waals surface area (Å²) in [5.74, 6) is -0.649. The van der Waals surface area contributed by atoms with Gasteiger partial charge >= 0.3 is 0 Å². The summed E-state index contributed by atoms with van der Waals surface area (Å²) < 4.78 is 56.0. The van der Waals surface area contributed by atoms with E-state index in [1.54, 1.807) is 0 Å². The summed E-state index contributed by atoms with van der Waals surface area (Å²) in [7, 11) is -2.82. The smallest absolute Gasteiger partial charge is 0.239 e. The van der Waals surface area contributed by atoms with Gasteiger partial charge in [0.1, 0.15) is 16.5 Å². The predicted molar refractivity (Wildman–Crippen MR) is 71.5 cm³/mol. The maximum Gasteiger partial charge on any atom is 0.239 e. The van der Waals surface area contributed by atoms with Crippen LogP contribution in [0.3, 0.4) is 0 Å². The van der Waals surface area contributed by atoms with Gasteiger partial charge in [-0.05, 0) is 24.3 Å². The number of sulfonamides is 1. The molecule has 0 saturated heterocycles. The van der Waals surface area contributed by atoms with E-state index in [-0.39, 0.29) is 11.3 Å². The van der Waals surface area contributed by atoms with Gasteiger partial charge in [0, 0.05) is 17.8 Å². The zero-order valence-electron chi connectivity index (χ0n) is 11.0. The molecule has 2 aromatic rings. The van der Waals surface area contributed by atoms with Crippen LogP contribution in [0.25, 0.3) is 0 Å². The summed E-state index contributed by atoms with van der Waals surface area (Å²) in [6, 6.07) is 5.96. The van der Waals surface area contributed by atoms with E-state index in [4.69, 9.17) is 9.88 Å². The quantitative estimate of drug-likeness (QED) is 0.935. The molecule has 0 amide bonds. The van der Waals surface area contributed by atoms with Crippen molar-refractivity contribution in [3.05, 3.63) is 53.6 Å². The largest absolute Gasteiger partial charge is 0.497 e. The lowest BCUT2D eigenvalue weighted by atomic mass is 10.1. The number of pyridine rings is 1. The third-order valence-electron chi connectivity index (χ3n) is 2.83. The van der Waals surface area contributed by atoms with Gasteiger partial charge in [0.2, 0.25) is 10.0 Å². The molecule has 2 rings (SSSR count). The summed E-state index contributed by atoms with van der Waals surface area (Å²) in [6.07, 6.45) is -0.858. The van der Waals surface area contributed by atoms with E-state index >= 15 is 0 Å². The topological polar surface area (TPSA) is 82.3 Å². The van der Waals surface area contributed by atoms with Gasteiger partial charge in [-0.25, -0.2) is 22.3 Å². The number of primary sulfonamides is 1. The van der Waals surface area contributed by atoms with Crippen LogP contribution in [0.4, 0.5) is 8.78 Å². The van der Waals surface area contributed by atoms with E-state index in [0.717, 1.165) is 12.1 Å². The summed E-state index contributed by atoms with van der Waals surface area (Å²) in [5.41, 5.74) is -0.802. The number of hydrogen-bond acceptors (Lipinski definition) is 4. The fraction of sp³-hybridized carbons (Fsp3) is 0.154. The van der Waals surface area contributed by atoms with Gasteiger partial charge in [-0.3, -0.25) is 4.98 Å². The Morgan fingerprint density at radius 3 is 2.62 bits per heavy atom. The number of alkyl halides is 1. The van der Waals surface area contributed by atoms with Crippen molar-refractivity contribution in [3.8, 4) is 5.75 Å². The average molecular weight is 314 g/mol. The number of nitrogens with two attached hydrogens (primary N) is 1. The molecule has 0 radical (unpaired) electrons. The number of nitrogens with zero attached hydrogens (tertiary/aromatic N) is 1. The SMILES string of the molecule is COc1ccc(C(F)c2ncccc2S(N)(=O)=O)c(F)c1. The highest BCUT2D eigenvalue weighted by atomic mass is 32.2. The zero-order chi connectivity index (χ0) is 15.6. The van der Waals surface area contributed by atoms with Gasteiger partial charge in [0.15, 0.2) is 6.17 Å². The molecule has 8 heteroatoms. The minimum Gasteiger partial charge on any atom is -0.497 e. The van der Waals surface area contributed by atoms with Gasteiger partial charge < -0.3 is 4.74 Å². The first-order valence-electron chi connectivity index (χ1n) is 5.80. The van der Waals surface area contributed by atoms with Crippen LogP contribution in [0.15, 0.2) is 41.4 Å². The maximum absolute atomic E-state index is 14.5. The van der Waals surface area contributed by atoms with Crippen molar-refractivity contribution in [2.24, 2.45) is 5.14 Å². The fourth-order valence-electron chi connectivity index (χ4n) is 1.82. The van der Waals surface area contributed by atoms with Crippen molar-refractivity contribution < 1.29 is 21.9 Å². The third kappa shape index (κ3) is 3.17. The van der Waals surface area contributed by atoms with Crippen LogP contribution in [-0.2, 0) is 10.0 Å². The summed E-state index contributed by atoms with van der Waals surface area (Å²) in [5, 5.41) is 5.01. The molecular formula is C13H12F2N2O3S. The number of benzene rings is 1. The predicted octanol–water partition coefficient (Wildman–Crippen LogP) is 1.94. The lowest BCUT2D eigenvalue weighted by Gasteiger charge is -2.13. The second-order valence-electron chi connectivity index (χ2n) is 4.18. The zero-order valence-corrected chi connectivity index (χ0v) is 11.8. The molecule has 5 nitrogen and oxygen atoms in total. The molecule has 1 aromatic heterocycles. The Balaban J connectivity index is 2.53. The Labute approximate surface area is 120 Å². The molecule has 112 valence electrons. The molecule has 0 saturated carbocycles. The summed E-state index contributed by atoms with van der Waals surface area (Å²) in [6.45, 7) is 0. The normalized spacial score (nSPS) is 13.0. The van der Waals surface area contributed by atoms with Crippen LogP contribution in [0.2, 0.25) is 0 Å². The number of ether oxygens (including phenoxy) is 1. The molecule has 1 atom stereocenters. The second-order valence-corrected chi connectivity index (χ2v) is 5.71. The first kappa shape index (κ1) is 15.3. The number of aromatic nitrogens is 1. The summed E-state index contributed by atoms with van der Waals surface area (Å²) >= 11 is 0. The highest BCUT2D eigenvalue weighted by Crippen LogP contribution is 2.31. The van der Waals surface area contributed by atoms with Gasteiger partial charge in [0.05, 0.1) is 12.8 Å². The first-order valence-corrected chi connectivity index (χ1v) is 7.34. The fourth-order valence-corrected chi connectivity index (χ4v) is 2.54. The monoisotopic (exact) mass is 314 g/mol. The Bertz CT molecular complexity index is 766. The van der Waals surface area contributed by atoms with Crippen molar-refractivity contribution in [3.63, 3.8) is 0 Å². The molecule has 0 spiro atoms. The highest BCUT2D eigenvalue weighted by Gasteiger charge is 2.25. The van der Waals surface area contributed by atoms with Gasteiger partial charge in [-0.15, -0.1) is 0 Å². The summed E-state index contributed by atoms with van der Waals surface area (Å²) in [4.78, 5) is 3.19. The van der Waals surface area contributed by atoms with Crippen LogP contribution >= 0.6 is 0 Å². The molecule has 0 aliphatic rings. The van der Waals surface area contributed by atoms with Gasteiger partial charge in [-0.1, -0.05) is 0 Å². The molecule has 21 heavy (non-hydrogen) atoms. The van der Waals surface area contributed by atoms with E-state index in [2.05, 4.69) is 4.98 Å². The molecule has 0 aliphatic heterocycles. The highest BCUT2D eigenvalue weighted by molar-refractivity contribution is 7.89. The van der Waals surface area contributed by atoms with Crippen molar-refractivity contribution in [2.45, 2.75) is 11.1 Å². The number of rotatable bonds is 4. The van der Waals surface area contributed by atoms with Crippen LogP contribution in [0.1, 0.15) is 17.4 Å². The van der Waals surface area contributed by atoms with E-state index in [1.165, 1.54) is 31.5 Å². The van der Waals surface area contributed by atoms with Gasteiger partial charge in [-0.2, -0.15) is 0 Å². The Morgan fingerprint density at radius 1 is 1.33 bits per heavy atom. The van der Waals surface area contributed by atoms with E-state index in [0.29, 0.717) is 0 Å².